The van der Waals surface area contributed by atoms with E-state index in [2.05, 4.69) is 19.9 Å². The first-order valence-electron chi connectivity index (χ1n) is 4.86. The van der Waals surface area contributed by atoms with Crippen LogP contribution < -0.4 is 0 Å². The van der Waals surface area contributed by atoms with Gasteiger partial charge >= 0.3 is 0 Å². The largest absolute Gasteiger partial charge is 0.0856 e. The van der Waals surface area contributed by atoms with Crippen molar-refractivity contribution in [3.8, 4) is 0 Å². The second-order valence-electron chi connectivity index (χ2n) is 4.71. The zero-order valence-corrected chi connectivity index (χ0v) is 7.69. The van der Waals surface area contributed by atoms with Gasteiger partial charge in [-0.25, -0.2) is 0 Å². The Hall–Kier alpha value is -0.260. The molecule has 0 saturated heterocycles. The van der Waals surface area contributed by atoms with Crippen LogP contribution in [-0.2, 0) is 0 Å². The standard InChI is InChI=1S/C11H18/c1-9-5-3-4-6-10-8-11(10,2)7-9/h5,10H,3-4,6-8H2,1-2H3. The molecule has 2 atom stereocenters. The molecule has 0 bridgehead atoms. The quantitative estimate of drug-likeness (QED) is 0.463. The Morgan fingerprint density at radius 2 is 2.36 bits per heavy atom. The van der Waals surface area contributed by atoms with Gasteiger partial charge in [-0.2, -0.15) is 0 Å². The van der Waals surface area contributed by atoms with Gasteiger partial charge in [-0.15, -0.1) is 0 Å². The van der Waals surface area contributed by atoms with Crippen molar-refractivity contribution in [2.24, 2.45) is 11.3 Å². The van der Waals surface area contributed by atoms with E-state index in [0.29, 0.717) is 0 Å². The van der Waals surface area contributed by atoms with Crippen LogP contribution in [0.5, 0.6) is 0 Å². The molecule has 0 aromatic rings. The van der Waals surface area contributed by atoms with Crippen molar-refractivity contribution in [3.05, 3.63) is 11.6 Å². The van der Waals surface area contributed by atoms with Crippen LogP contribution >= 0.6 is 0 Å². The third kappa shape index (κ3) is 1.36. The Morgan fingerprint density at radius 3 is 3.18 bits per heavy atom. The SMILES string of the molecule is CC1=CCCCC2CC2(C)C1. The molecule has 0 spiro atoms. The summed E-state index contributed by atoms with van der Waals surface area (Å²) < 4.78 is 0. The van der Waals surface area contributed by atoms with E-state index < -0.39 is 0 Å². The summed E-state index contributed by atoms with van der Waals surface area (Å²) in [5, 5.41) is 0. The van der Waals surface area contributed by atoms with Crippen molar-refractivity contribution < 1.29 is 0 Å². The highest BCUT2D eigenvalue weighted by molar-refractivity contribution is 5.11. The van der Waals surface area contributed by atoms with E-state index in [-0.39, 0.29) is 0 Å². The molecule has 2 unspecified atom stereocenters. The lowest BCUT2D eigenvalue weighted by molar-refractivity contribution is 0.461. The molecular formula is C11H18. The van der Waals surface area contributed by atoms with Gasteiger partial charge in [-0.05, 0) is 50.4 Å². The molecule has 1 fully saturated rings. The number of hydrogen-bond donors (Lipinski definition) is 0. The van der Waals surface area contributed by atoms with Crippen LogP contribution in [-0.4, -0.2) is 0 Å². The fourth-order valence-corrected chi connectivity index (χ4v) is 2.59. The Bertz CT molecular complexity index is 190. The third-order valence-corrected chi connectivity index (χ3v) is 3.47. The first kappa shape index (κ1) is 7.39. The zero-order valence-electron chi connectivity index (χ0n) is 7.69. The molecule has 2 aliphatic carbocycles. The van der Waals surface area contributed by atoms with Crippen LogP contribution in [0.25, 0.3) is 0 Å². The molecule has 0 aromatic heterocycles. The summed E-state index contributed by atoms with van der Waals surface area (Å²) in [4.78, 5) is 0. The molecule has 1 saturated carbocycles. The van der Waals surface area contributed by atoms with E-state index in [0.717, 1.165) is 11.3 Å². The molecule has 2 aliphatic rings. The maximum atomic E-state index is 2.46. The van der Waals surface area contributed by atoms with Crippen molar-refractivity contribution in [3.63, 3.8) is 0 Å². The van der Waals surface area contributed by atoms with E-state index >= 15 is 0 Å². The van der Waals surface area contributed by atoms with E-state index in [1.54, 1.807) is 5.57 Å². The van der Waals surface area contributed by atoms with E-state index in [9.17, 15) is 0 Å². The molecule has 0 aliphatic heterocycles. The number of hydrogen-bond acceptors (Lipinski definition) is 0. The average molecular weight is 150 g/mol. The Balaban J connectivity index is 2.08. The number of allylic oxidation sites excluding steroid dienone is 2. The predicted octanol–water partition coefficient (Wildman–Crippen LogP) is 3.53. The number of rotatable bonds is 0. The van der Waals surface area contributed by atoms with Gasteiger partial charge in [0.25, 0.3) is 0 Å². The summed E-state index contributed by atoms with van der Waals surface area (Å²) in [5.41, 5.74) is 2.36. The smallest absolute Gasteiger partial charge is 0.0257 e. The lowest BCUT2D eigenvalue weighted by Crippen LogP contribution is -2.01. The minimum Gasteiger partial charge on any atom is -0.0856 e. The normalized spacial score (nSPS) is 43.5. The van der Waals surface area contributed by atoms with Crippen LogP contribution in [0, 0.1) is 11.3 Å². The first-order chi connectivity index (χ1) is 5.21. The predicted molar refractivity (Wildman–Crippen MR) is 48.4 cm³/mol. The highest BCUT2D eigenvalue weighted by Gasteiger charge is 2.48. The maximum Gasteiger partial charge on any atom is -0.0257 e. The van der Waals surface area contributed by atoms with Gasteiger partial charge < -0.3 is 0 Å². The Kier molecular flexibility index (Phi) is 1.59. The fraction of sp³-hybridized carbons (Fsp3) is 0.818. The molecule has 2 rings (SSSR count). The summed E-state index contributed by atoms with van der Waals surface area (Å²) in [6.07, 6.45) is 9.56. The summed E-state index contributed by atoms with van der Waals surface area (Å²) in [6.45, 7) is 4.76. The molecular weight excluding hydrogens is 132 g/mol. The van der Waals surface area contributed by atoms with Crippen LogP contribution in [0.3, 0.4) is 0 Å². The Morgan fingerprint density at radius 1 is 1.55 bits per heavy atom. The van der Waals surface area contributed by atoms with Gasteiger partial charge in [0.2, 0.25) is 0 Å². The molecule has 0 radical (unpaired) electrons. The second kappa shape index (κ2) is 2.36. The molecule has 0 nitrogen and oxygen atoms in total. The summed E-state index contributed by atoms with van der Waals surface area (Å²) in [6, 6.07) is 0. The zero-order chi connectivity index (χ0) is 7.90. The van der Waals surface area contributed by atoms with Crippen LogP contribution in [0.2, 0.25) is 0 Å². The molecule has 11 heavy (non-hydrogen) atoms. The van der Waals surface area contributed by atoms with Crippen LogP contribution in [0.15, 0.2) is 11.6 Å². The van der Waals surface area contributed by atoms with Gasteiger partial charge in [0, 0.05) is 0 Å². The van der Waals surface area contributed by atoms with Crippen molar-refractivity contribution in [2.45, 2.75) is 46.0 Å². The summed E-state index contributed by atoms with van der Waals surface area (Å²) in [7, 11) is 0. The first-order valence-corrected chi connectivity index (χ1v) is 4.86. The lowest BCUT2D eigenvalue weighted by Gasteiger charge is -2.14. The lowest BCUT2D eigenvalue weighted by atomic mass is 9.92. The van der Waals surface area contributed by atoms with Crippen LogP contribution in [0.1, 0.15) is 46.0 Å². The van der Waals surface area contributed by atoms with Crippen molar-refractivity contribution in [1.82, 2.24) is 0 Å². The molecule has 0 amide bonds. The average Bonchev–Trinajstić information content (AvgIpc) is 2.49. The van der Waals surface area contributed by atoms with E-state index in [4.69, 9.17) is 0 Å². The van der Waals surface area contributed by atoms with Gasteiger partial charge in [-0.3, -0.25) is 0 Å². The third-order valence-electron chi connectivity index (χ3n) is 3.47. The highest BCUT2D eigenvalue weighted by atomic mass is 14.5. The van der Waals surface area contributed by atoms with Crippen molar-refractivity contribution in [1.29, 1.82) is 0 Å². The molecule has 0 aromatic carbocycles. The second-order valence-corrected chi connectivity index (χ2v) is 4.71. The minimum absolute atomic E-state index is 0.723. The minimum atomic E-state index is 0.723. The van der Waals surface area contributed by atoms with E-state index in [1.807, 2.05) is 0 Å². The van der Waals surface area contributed by atoms with Crippen molar-refractivity contribution in [2.75, 3.05) is 0 Å². The molecule has 0 heterocycles. The fourth-order valence-electron chi connectivity index (χ4n) is 2.59. The molecule has 0 N–H and O–H groups in total. The maximum absolute atomic E-state index is 2.46. The van der Waals surface area contributed by atoms with Crippen molar-refractivity contribution >= 4 is 0 Å². The van der Waals surface area contributed by atoms with Gasteiger partial charge in [-0.1, -0.05) is 18.6 Å². The highest BCUT2D eigenvalue weighted by Crippen LogP contribution is 2.59. The van der Waals surface area contributed by atoms with Gasteiger partial charge in [0.05, 0.1) is 0 Å². The monoisotopic (exact) mass is 150 g/mol. The topological polar surface area (TPSA) is 0 Å². The molecule has 0 heteroatoms. The number of fused-ring (bicyclic) bond motifs is 1. The van der Waals surface area contributed by atoms with Gasteiger partial charge in [0.15, 0.2) is 0 Å². The Labute approximate surface area is 69.7 Å². The van der Waals surface area contributed by atoms with Crippen LogP contribution in [0.4, 0.5) is 0 Å². The van der Waals surface area contributed by atoms with Gasteiger partial charge in [0.1, 0.15) is 0 Å². The summed E-state index contributed by atoms with van der Waals surface area (Å²) in [5.74, 6) is 1.08. The molecule has 62 valence electrons. The summed E-state index contributed by atoms with van der Waals surface area (Å²) >= 11 is 0. The van der Waals surface area contributed by atoms with E-state index in [1.165, 1.54) is 32.1 Å².